The molecule has 146 valence electrons. The number of nitrogens with zero attached hydrogens (tertiary/aromatic N) is 2. The molecule has 1 fully saturated rings. The number of likely N-dealkylation sites (tertiary alicyclic amines) is 1. The number of aromatic amines is 1. The number of fused-ring (bicyclic) bond motifs is 2. The summed E-state index contributed by atoms with van der Waals surface area (Å²) < 4.78 is 11.3. The predicted octanol–water partition coefficient (Wildman–Crippen LogP) is 1.91. The molecule has 2 aliphatic heterocycles. The van der Waals surface area contributed by atoms with Crippen LogP contribution in [0.1, 0.15) is 38.8 Å². The number of aromatic nitrogens is 2. The standard InChI is InChI=1S/C19H26N4O3S/c1-25-11-7-22-18(24)16-12-14-15(27-16)2-10-26-19(14)3-8-23(9-4-19)13-17-20-5-6-21-17/h5-6,12H,2-4,7-11,13H2,1H3,(H,20,21)(H,22,24). The van der Waals surface area contributed by atoms with E-state index in [9.17, 15) is 4.79 Å². The first kappa shape index (κ1) is 18.6. The van der Waals surface area contributed by atoms with E-state index in [4.69, 9.17) is 9.47 Å². The van der Waals surface area contributed by atoms with Gasteiger partial charge in [-0.25, -0.2) is 4.98 Å². The van der Waals surface area contributed by atoms with Crippen LogP contribution in [0.2, 0.25) is 0 Å². The molecule has 27 heavy (non-hydrogen) atoms. The number of hydrogen-bond acceptors (Lipinski definition) is 6. The number of ether oxygens (including phenoxy) is 2. The average Bonchev–Trinajstić information content (AvgIpc) is 3.34. The van der Waals surface area contributed by atoms with E-state index in [1.54, 1.807) is 24.6 Å². The number of amides is 1. The predicted molar refractivity (Wildman–Crippen MR) is 103 cm³/mol. The third-order valence-corrected chi connectivity index (χ3v) is 6.61. The quantitative estimate of drug-likeness (QED) is 0.737. The van der Waals surface area contributed by atoms with Crippen LogP contribution in [-0.2, 0) is 28.0 Å². The summed E-state index contributed by atoms with van der Waals surface area (Å²) in [6.07, 6.45) is 6.44. The van der Waals surface area contributed by atoms with E-state index in [0.717, 1.165) is 56.2 Å². The number of thiophene rings is 1. The molecule has 2 N–H and O–H groups in total. The Morgan fingerprint density at radius 2 is 2.33 bits per heavy atom. The number of piperidine rings is 1. The largest absolute Gasteiger partial charge is 0.383 e. The minimum absolute atomic E-state index is 0.0168. The molecule has 4 heterocycles. The van der Waals surface area contributed by atoms with Crippen molar-refractivity contribution >= 4 is 17.2 Å². The summed E-state index contributed by atoms with van der Waals surface area (Å²) in [5.74, 6) is 0.985. The highest BCUT2D eigenvalue weighted by atomic mass is 32.1. The maximum Gasteiger partial charge on any atom is 0.261 e. The van der Waals surface area contributed by atoms with E-state index in [-0.39, 0.29) is 11.5 Å². The number of methoxy groups -OCH3 is 1. The van der Waals surface area contributed by atoms with Gasteiger partial charge < -0.3 is 19.8 Å². The van der Waals surface area contributed by atoms with Crippen molar-refractivity contribution in [2.24, 2.45) is 0 Å². The fourth-order valence-corrected chi connectivity index (χ4v) is 5.11. The van der Waals surface area contributed by atoms with Crippen molar-refractivity contribution in [1.82, 2.24) is 20.2 Å². The van der Waals surface area contributed by atoms with Crippen LogP contribution in [-0.4, -0.2) is 60.7 Å². The van der Waals surface area contributed by atoms with Crippen LogP contribution in [0, 0.1) is 0 Å². The van der Waals surface area contributed by atoms with Crippen LogP contribution in [0.3, 0.4) is 0 Å². The lowest BCUT2D eigenvalue weighted by Crippen LogP contribution is -2.46. The third kappa shape index (κ3) is 3.94. The lowest BCUT2D eigenvalue weighted by molar-refractivity contribution is -0.0983. The smallest absolute Gasteiger partial charge is 0.261 e. The zero-order valence-corrected chi connectivity index (χ0v) is 16.4. The molecular formula is C19H26N4O3S. The molecule has 0 bridgehead atoms. The van der Waals surface area contributed by atoms with Gasteiger partial charge in [0.05, 0.1) is 30.2 Å². The second-order valence-electron chi connectivity index (χ2n) is 7.10. The fourth-order valence-electron chi connectivity index (χ4n) is 3.96. The molecular weight excluding hydrogens is 364 g/mol. The molecule has 4 rings (SSSR count). The summed E-state index contributed by atoms with van der Waals surface area (Å²) in [6, 6.07) is 2.06. The summed E-state index contributed by atoms with van der Waals surface area (Å²) in [6.45, 7) is 4.55. The topological polar surface area (TPSA) is 79.5 Å². The fraction of sp³-hybridized carbons (Fsp3) is 0.579. The normalized spacial score (nSPS) is 19.1. The summed E-state index contributed by atoms with van der Waals surface area (Å²) in [5.41, 5.74) is 0.989. The Kier molecular flexibility index (Phi) is 5.58. The molecule has 8 heteroatoms. The Morgan fingerprint density at radius 3 is 3.07 bits per heavy atom. The summed E-state index contributed by atoms with van der Waals surface area (Å²) in [5, 5.41) is 2.92. The van der Waals surface area contributed by atoms with Crippen molar-refractivity contribution < 1.29 is 14.3 Å². The average molecular weight is 391 g/mol. The SMILES string of the molecule is COCCNC(=O)c1cc2c(s1)CCOC21CCN(Cc2ncc[nH]2)CC1. The van der Waals surface area contributed by atoms with Crippen molar-refractivity contribution in [3.8, 4) is 0 Å². The summed E-state index contributed by atoms with van der Waals surface area (Å²) >= 11 is 1.61. The van der Waals surface area contributed by atoms with E-state index in [1.165, 1.54) is 10.4 Å². The van der Waals surface area contributed by atoms with E-state index < -0.39 is 0 Å². The highest BCUT2D eigenvalue weighted by Gasteiger charge is 2.42. The van der Waals surface area contributed by atoms with E-state index in [1.807, 2.05) is 6.20 Å². The molecule has 0 radical (unpaired) electrons. The maximum absolute atomic E-state index is 12.4. The van der Waals surface area contributed by atoms with Gasteiger partial charge in [0.2, 0.25) is 0 Å². The summed E-state index contributed by atoms with van der Waals surface area (Å²) in [4.78, 5) is 24.4. The van der Waals surface area contributed by atoms with Gasteiger partial charge in [-0.2, -0.15) is 0 Å². The molecule has 1 amide bonds. The molecule has 0 saturated carbocycles. The van der Waals surface area contributed by atoms with Crippen molar-refractivity contribution in [3.63, 3.8) is 0 Å². The number of carbonyl (C=O) groups excluding carboxylic acids is 1. The highest BCUT2D eigenvalue weighted by Crippen LogP contribution is 2.44. The lowest BCUT2D eigenvalue weighted by Gasteiger charge is -2.43. The third-order valence-electron chi connectivity index (χ3n) is 5.41. The first-order valence-corrected chi connectivity index (χ1v) is 10.3. The van der Waals surface area contributed by atoms with Crippen molar-refractivity contribution in [3.05, 3.63) is 39.6 Å². The van der Waals surface area contributed by atoms with E-state index in [2.05, 4.69) is 26.3 Å². The minimum Gasteiger partial charge on any atom is -0.383 e. The molecule has 0 unspecified atom stereocenters. The molecule has 1 saturated heterocycles. The van der Waals surface area contributed by atoms with Gasteiger partial charge in [0.1, 0.15) is 5.82 Å². The number of rotatable bonds is 6. The summed E-state index contributed by atoms with van der Waals surface area (Å²) in [7, 11) is 1.63. The van der Waals surface area contributed by atoms with Crippen molar-refractivity contribution in [1.29, 1.82) is 0 Å². The van der Waals surface area contributed by atoms with Crippen molar-refractivity contribution in [2.75, 3.05) is 40.0 Å². The zero-order valence-electron chi connectivity index (χ0n) is 15.6. The first-order chi connectivity index (χ1) is 13.2. The lowest BCUT2D eigenvalue weighted by atomic mass is 9.82. The number of imidazole rings is 1. The van der Waals surface area contributed by atoms with Crippen LogP contribution in [0.5, 0.6) is 0 Å². The molecule has 2 aromatic heterocycles. The van der Waals surface area contributed by atoms with Gasteiger partial charge in [-0.05, 0) is 24.5 Å². The number of H-pyrrole nitrogens is 1. The van der Waals surface area contributed by atoms with Gasteiger partial charge in [0.15, 0.2) is 0 Å². The Balaban J connectivity index is 1.44. The van der Waals surface area contributed by atoms with Gasteiger partial charge in [0, 0.05) is 50.4 Å². The van der Waals surface area contributed by atoms with Crippen molar-refractivity contribution in [2.45, 2.75) is 31.4 Å². The van der Waals surface area contributed by atoms with Gasteiger partial charge in [-0.1, -0.05) is 0 Å². The van der Waals surface area contributed by atoms with E-state index >= 15 is 0 Å². The van der Waals surface area contributed by atoms with Crippen LogP contribution < -0.4 is 5.32 Å². The van der Waals surface area contributed by atoms with Gasteiger partial charge in [-0.15, -0.1) is 11.3 Å². The molecule has 1 spiro atoms. The molecule has 0 aliphatic carbocycles. The monoisotopic (exact) mass is 390 g/mol. The van der Waals surface area contributed by atoms with Gasteiger partial charge in [0.25, 0.3) is 5.91 Å². The Labute approximate surface area is 163 Å². The second kappa shape index (κ2) is 8.10. The Bertz CT molecular complexity index is 766. The molecule has 2 aliphatic rings. The zero-order chi connectivity index (χ0) is 18.7. The first-order valence-electron chi connectivity index (χ1n) is 9.45. The number of carbonyl (C=O) groups is 1. The molecule has 2 aromatic rings. The minimum atomic E-state index is -0.241. The highest BCUT2D eigenvalue weighted by molar-refractivity contribution is 7.14. The van der Waals surface area contributed by atoms with Crippen LogP contribution in [0.15, 0.2) is 18.5 Å². The second-order valence-corrected chi connectivity index (χ2v) is 8.24. The van der Waals surface area contributed by atoms with Crippen LogP contribution in [0.25, 0.3) is 0 Å². The van der Waals surface area contributed by atoms with Crippen LogP contribution >= 0.6 is 11.3 Å². The van der Waals surface area contributed by atoms with Crippen LogP contribution in [0.4, 0.5) is 0 Å². The molecule has 7 nitrogen and oxygen atoms in total. The maximum atomic E-state index is 12.4. The molecule has 0 aromatic carbocycles. The number of nitrogens with one attached hydrogen (secondary N) is 2. The van der Waals surface area contributed by atoms with Gasteiger partial charge in [-0.3, -0.25) is 9.69 Å². The molecule has 0 atom stereocenters. The van der Waals surface area contributed by atoms with E-state index in [0.29, 0.717) is 13.2 Å². The Hall–Kier alpha value is -1.74. The van der Waals surface area contributed by atoms with Gasteiger partial charge >= 0.3 is 0 Å². The Morgan fingerprint density at radius 1 is 1.48 bits per heavy atom. The number of hydrogen-bond donors (Lipinski definition) is 2.